The lowest BCUT2D eigenvalue weighted by molar-refractivity contribution is 0.0951. The van der Waals surface area contributed by atoms with Gasteiger partial charge in [0.2, 0.25) is 0 Å². The molecule has 0 radical (unpaired) electrons. The predicted molar refractivity (Wildman–Crippen MR) is 61.6 cm³/mol. The summed E-state index contributed by atoms with van der Waals surface area (Å²) in [6.45, 7) is 1.36. The highest BCUT2D eigenvalue weighted by molar-refractivity contribution is 5.94. The third kappa shape index (κ3) is 4.31. The van der Waals surface area contributed by atoms with E-state index in [0.717, 1.165) is 19.4 Å². The van der Waals surface area contributed by atoms with Gasteiger partial charge in [0.1, 0.15) is 5.75 Å². The number of phenolic OH excluding ortho intramolecular Hbond substituents is 1. The second-order valence-electron chi connectivity index (χ2n) is 3.50. The van der Waals surface area contributed by atoms with Crippen molar-refractivity contribution in [1.29, 1.82) is 0 Å². The normalized spacial score (nSPS) is 10.1. The zero-order valence-electron chi connectivity index (χ0n) is 9.40. The molecule has 0 unspecified atom stereocenters. The van der Waals surface area contributed by atoms with Gasteiger partial charge in [-0.05, 0) is 37.1 Å². The summed E-state index contributed by atoms with van der Waals surface area (Å²) >= 11 is 0. The van der Waals surface area contributed by atoms with Gasteiger partial charge in [0.15, 0.2) is 0 Å². The Hall–Kier alpha value is -1.55. The van der Waals surface area contributed by atoms with Crippen LogP contribution >= 0.6 is 0 Å². The molecule has 0 aliphatic heterocycles. The Morgan fingerprint density at radius 3 is 2.62 bits per heavy atom. The van der Waals surface area contributed by atoms with Crippen molar-refractivity contribution >= 4 is 5.91 Å². The van der Waals surface area contributed by atoms with Crippen LogP contribution in [0.1, 0.15) is 23.2 Å². The number of benzene rings is 1. The number of ether oxygens (including phenoxy) is 1. The topological polar surface area (TPSA) is 58.6 Å². The molecule has 0 saturated heterocycles. The summed E-state index contributed by atoms with van der Waals surface area (Å²) in [5.74, 6) is 0.0501. The minimum absolute atomic E-state index is 0.114. The number of nitrogens with one attached hydrogen (secondary N) is 1. The van der Waals surface area contributed by atoms with Crippen LogP contribution in [0.4, 0.5) is 0 Å². The molecule has 0 bridgehead atoms. The van der Waals surface area contributed by atoms with E-state index in [-0.39, 0.29) is 11.7 Å². The van der Waals surface area contributed by atoms with Gasteiger partial charge in [0, 0.05) is 25.8 Å². The molecular formula is C12H17NO3. The highest BCUT2D eigenvalue weighted by Gasteiger charge is 2.03. The standard InChI is InChI=1S/C12H17NO3/c1-16-9-3-2-8-13-12(15)10-4-6-11(14)7-5-10/h4-7,14H,2-3,8-9H2,1H3,(H,13,15). The van der Waals surface area contributed by atoms with E-state index in [1.165, 1.54) is 12.1 Å². The second-order valence-corrected chi connectivity index (χ2v) is 3.50. The van der Waals surface area contributed by atoms with Crippen molar-refractivity contribution in [2.24, 2.45) is 0 Å². The van der Waals surface area contributed by atoms with E-state index in [4.69, 9.17) is 9.84 Å². The average molecular weight is 223 g/mol. The minimum Gasteiger partial charge on any atom is -0.508 e. The first-order valence-corrected chi connectivity index (χ1v) is 5.30. The molecule has 0 atom stereocenters. The number of hydrogen-bond donors (Lipinski definition) is 2. The van der Waals surface area contributed by atoms with E-state index in [0.29, 0.717) is 12.1 Å². The van der Waals surface area contributed by atoms with E-state index in [9.17, 15) is 4.79 Å². The molecule has 0 aliphatic carbocycles. The molecule has 0 aromatic heterocycles. The number of carbonyl (C=O) groups is 1. The van der Waals surface area contributed by atoms with E-state index in [2.05, 4.69) is 5.32 Å². The molecular weight excluding hydrogens is 206 g/mol. The Morgan fingerprint density at radius 2 is 2.00 bits per heavy atom. The lowest BCUT2D eigenvalue weighted by atomic mass is 10.2. The zero-order valence-corrected chi connectivity index (χ0v) is 9.40. The molecule has 0 spiro atoms. The summed E-state index contributed by atoms with van der Waals surface area (Å²) in [7, 11) is 1.66. The molecule has 0 fully saturated rings. The van der Waals surface area contributed by atoms with Crippen molar-refractivity contribution in [2.45, 2.75) is 12.8 Å². The maximum Gasteiger partial charge on any atom is 0.251 e. The van der Waals surface area contributed by atoms with Crippen LogP contribution in [0.3, 0.4) is 0 Å². The summed E-state index contributed by atoms with van der Waals surface area (Å²) in [5.41, 5.74) is 0.560. The highest BCUT2D eigenvalue weighted by atomic mass is 16.5. The lowest BCUT2D eigenvalue weighted by Gasteiger charge is -2.04. The molecule has 1 amide bonds. The summed E-state index contributed by atoms with van der Waals surface area (Å²) in [6, 6.07) is 6.19. The number of carbonyl (C=O) groups excluding carboxylic acids is 1. The number of methoxy groups -OCH3 is 1. The van der Waals surface area contributed by atoms with Crippen molar-refractivity contribution in [3.05, 3.63) is 29.8 Å². The van der Waals surface area contributed by atoms with E-state index < -0.39 is 0 Å². The number of phenols is 1. The van der Waals surface area contributed by atoms with Crippen LogP contribution in [0, 0.1) is 0 Å². The zero-order chi connectivity index (χ0) is 11.8. The van der Waals surface area contributed by atoms with E-state index in [1.807, 2.05) is 0 Å². The fourth-order valence-electron chi connectivity index (χ4n) is 1.29. The quantitative estimate of drug-likeness (QED) is 0.719. The van der Waals surface area contributed by atoms with Crippen LogP contribution in [0.5, 0.6) is 5.75 Å². The number of amides is 1. The molecule has 1 aromatic carbocycles. The van der Waals surface area contributed by atoms with Gasteiger partial charge in [-0.1, -0.05) is 0 Å². The fourth-order valence-corrected chi connectivity index (χ4v) is 1.29. The largest absolute Gasteiger partial charge is 0.508 e. The highest BCUT2D eigenvalue weighted by Crippen LogP contribution is 2.09. The smallest absolute Gasteiger partial charge is 0.251 e. The number of unbranched alkanes of at least 4 members (excludes halogenated alkanes) is 1. The van der Waals surface area contributed by atoms with Gasteiger partial charge in [-0.25, -0.2) is 0 Å². The van der Waals surface area contributed by atoms with Gasteiger partial charge in [-0.3, -0.25) is 4.79 Å². The van der Waals surface area contributed by atoms with Gasteiger partial charge < -0.3 is 15.2 Å². The molecule has 16 heavy (non-hydrogen) atoms. The van der Waals surface area contributed by atoms with E-state index in [1.54, 1.807) is 19.2 Å². The van der Waals surface area contributed by atoms with Crippen molar-refractivity contribution in [1.82, 2.24) is 5.32 Å². The second kappa shape index (κ2) is 6.85. The molecule has 0 heterocycles. The Morgan fingerprint density at radius 1 is 1.31 bits per heavy atom. The molecule has 0 aliphatic rings. The summed E-state index contributed by atoms with van der Waals surface area (Å²) in [6.07, 6.45) is 1.84. The van der Waals surface area contributed by atoms with Gasteiger partial charge in [0.05, 0.1) is 0 Å². The maximum absolute atomic E-state index is 11.6. The van der Waals surface area contributed by atoms with Crippen LogP contribution in [0.25, 0.3) is 0 Å². The third-order valence-electron chi connectivity index (χ3n) is 2.19. The first-order valence-electron chi connectivity index (χ1n) is 5.30. The van der Waals surface area contributed by atoms with Crippen LogP contribution in [0.2, 0.25) is 0 Å². The molecule has 1 rings (SSSR count). The monoisotopic (exact) mass is 223 g/mol. The predicted octanol–water partition coefficient (Wildman–Crippen LogP) is 1.55. The van der Waals surface area contributed by atoms with Crippen molar-refractivity contribution in [3.63, 3.8) is 0 Å². The van der Waals surface area contributed by atoms with Crippen LogP contribution in [-0.2, 0) is 4.74 Å². The Kier molecular flexibility index (Phi) is 5.36. The molecule has 88 valence electrons. The van der Waals surface area contributed by atoms with Gasteiger partial charge >= 0.3 is 0 Å². The molecule has 0 saturated carbocycles. The Labute approximate surface area is 95.2 Å². The average Bonchev–Trinajstić information content (AvgIpc) is 2.29. The number of aromatic hydroxyl groups is 1. The first-order chi connectivity index (χ1) is 7.74. The maximum atomic E-state index is 11.6. The van der Waals surface area contributed by atoms with Gasteiger partial charge in [-0.2, -0.15) is 0 Å². The van der Waals surface area contributed by atoms with Gasteiger partial charge in [0.25, 0.3) is 5.91 Å². The van der Waals surface area contributed by atoms with Crippen molar-refractivity contribution in [3.8, 4) is 5.75 Å². The minimum atomic E-state index is -0.114. The molecule has 4 nitrogen and oxygen atoms in total. The van der Waals surface area contributed by atoms with Crippen molar-refractivity contribution < 1.29 is 14.6 Å². The summed E-state index contributed by atoms with van der Waals surface area (Å²) < 4.78 is 4.91. The van der Waals surface area contributed by atoms with Crippen LogP contribution in [-0.4, -0.2) is 31.3 Å². The molecule has 2 N–H and O–H groups in total. The van der Waals surface area contributed by atoms with Crippen LogP contribution < -0.4 is 5.32 Å². The first kappa shape index (κ1) is 12.5. The summed E-state index contributed by atoms with van der Waals surface area (Å²) in [5, 5.41) is 11.9. The lowest BCUT2D eigenvalue weighted by Crippen LogP contribution is -2.24. The fraction of sp³-hybridized carbons (Fsp3) is 0.417. The number of rotatable bonds is 6. The van der Waals surface area contributed by atoms with Crippen molar-refractivity contribution in [2.75, 3.05) is 20.3 Å². The van der Waals surface area contributed by atoms with Gasteiger partial charge in [-0.15, -0.1) is 0 Å². The Bertz CT molecular complexity index is 322. The van der Waals surface area contributed by atoms with E-state index >= 15 is 0 Å². The third-order valence-corrected chi connectivity index (χ3v) is 2.19. The molecule has 1 aromatic rings. The summed E-state index contributed by atoms with van der Waals surface area (Å²) in [4.78, 5) is 11.6. The van der Waals surface area contributed by atoms with Crippen LogP contribution in [0.15, 0.2) is 24.3 Å². The Balaban J connectivity index is 2.27. The molecule has 4 heteroatoms. The number of hydrogen-bond acceptors (Lipinski definition) is 3. The SMILES string of the molecule is COCCCCNC(=O)c1ccc(O)cc1.